The Morgan fingerprint density at radius 1 is 0.517 bits per heavy atom. The zero-order valence-electron chi connectivity index (χ0n) is 33.2. The van der Waals surface area contributed by atoms with Crippen molar-refractivity contribution < 1.29 is 4.42 Å². The summed E-state index contributed by atoms with van der Waals surface area (Å²) < 4.78 is 15.1. The minimum Gasteiger partial charge on any atom is -0.455 e. The molecule has 6 heteroatoms. The number of para-hydroxylation sites is 2. The third-order valence-electron chi connectivity index (χ3n) is 13.3. The maximum absolute atomic E-state index is 7.09. The van der Waals surface area contributed by atoms with Crippen LogP contribution in [0, 0.1) is 0 Å². The Balaban J connectivity index is 1.24. The van der Waals surface area contributed by atoms with E-state index in [1.165, 1.54) is 107 Å². The van der Waals surface area contributed by atoms with Gasteiger partial charge in [0.25, 0.3) is 0 Å². The van der Waals surface area contributed by atoms with Gasteiger partial charge >= 0.3 is 6.85 Å². The number of rotatable bonds is 2. The SMILES string of the molecule is CC(C)(C)c1ccc(N2c3cc4c(oc5ccccc54)c4c3B(c3c2ccc2sc5ccccc5c32)n2c3c-4cccc3c3sc4ccccc4c32)c(-c2ccccc2)c1. The molecule has 0 spiro atoms. The van der Waals surface area contributed by atoms with Crippen LogP contribution in [0.25, 0.3) is 95.6 Å². The molecular weight excluding hydrogens is 768 g/mol. The molecule has 0 N–H and O–H groups in total. The van der Waals surface area contributed by atoms with Crippen LogP contribution in [0.4, 0.5) is 17.1 Å². The molecule has 0 radical (unpaired) electrons. The monoisotopic (exact) mass is 802 g/mol. The van der Waals surface area contributed by atoms with Crippen LogP contribution in [-0.2, 0) is 5.41 Å². The predicted molar refractivity (Wildman–Crippen MR) is 260 cm³/mol. The molecule has 0 amide bonds. The van der Waals surface area contributed by atoms with Crippen molar-refractivity contribution in [2.75, 3.05) is 4.90 Å². The van der Waals surface area contributed by atoms with Crippen LogP contribution in [-0.4, -0.2) is 11.3 Å². The molecule has 14 rings (SSSR count). The van der Waals surface area contributed by atoms with Crippen LogP contribution in [0.2, 0.25) is 0 Å². The van der Waals surface area contributed by atoms with Crippen LogP contribution in [0.3, 0.4) is 0 Å². The molecule has 3 nitrogen and oxygen atoms in total. The minimum atomic E-state index is -0.123. The lowest BCUT2D eigenvalue weighted by Gasteiger charge is -2.41. The van der Waals surface area contributed by atoms with Crippen LogP contribution < -0.4 is 15.8 Å². The van der Waals surface area contributed by atoms with Crippen LogP contribution in [0.15, 0.2) is 162 Å². The van der Waals surface area contributed by atoms with Crippen molar-refractivity contribution in [2.24, 2.45) is 0 Å². The van der Waals surface area contributed by atoms with E-state index in [2.05, 4.69) is 188 Å². The summed E-state index contributed by atoms with van der Waals surface area (Å²) >= 11 is 3.82. The fourth-order valence-corrected chi connectivity index (χ4v) is 13.1. The summed E-state index contributed by atoms with van der Waals surface area (Å²) in [6.45, 7) is 6.82. The summed E-state index contributed by atoms with van der Waals surface area (Å²) in [7, 11) is 0. The number of aromatic nitrogens is 1. The molecule has 0 atom stereocenters. The second kappa shape index (κ2) is 11.6. The molecule has 0 saturated carbocycles. The first-order chi connectivity index (χ1) is 29.4. The van der Waals surface area contributed by atoms with Gasteiger partial charge < -0.3 is 13.8 Å². The number of nitrogens with zero attached hydrogens (tertiary/aromatic N) is 2. The van der Waals surface area contributed by atoms with E-state index < -0.39 is 0 Å². The molecule has 12 aromatic rings. The van der Waals surface area contributed by atoms with Crippen LogP contribution in [0.1, 0.15) is 26.3 Å². The van der Waals surface area contributed by atoms with E-state index in [1.807, 2.05) is 22.7 Å². The van der Waals surface area contributed by atoms with Gasteiger partial charge in [-0.15, -0.1) is 22.7 Å². The number of benzene rings is 8. The van der Waals surface area contributed by atoms with E-state index in [-0.39, 0.29) is 12.3 Å². The number of thiophene rings is 2. The Hall–Kier alpha value is -6.60. The number of fused-ring (bicyclic) bond motifs is 17. The summed E-state index contributed by atoms with van der Waals surface area (Å²) in [6.07, 6.45) is 0. The van der Waals surface area contributed by atoms with Crippen molar-refractivity contribution in [2.45, 2.75) is 26.2 Å². The molecule has 6 heterocycles. The van der Waals surface area contributed by atoms with E-state index in [0.29, 0.717) is 0 Å². The van der Waals surface area contributed by atoms with Crippen molar-refractivity contribution in [3.8, 4) is 22.3 Å². The average Bonchev–Trinajstić information content (AvgIpc) is 4.04. The Morgan fingerprint density at radius 3 is 2.07 bits per heavy atom. The van der Waals surface area contributed by atoms with Crippen molar-refractivity contribution >= 4 is 131 Å². The van der Waals surface area contributed by atoms with Gasteiger partial charge in [-0.3, -0.25) is 0 Å². The lowest BCUT2D eigenvalue weighted by molar-refractivity contribution is 0.590. The fraction of sp³-hybridized carbons (Fsp3) is 0.0741. The minimum absolute atomic E-state index is 0.0271. The topological polar surface area (TPSA) is 21.3 Å². The first kappa shape index (κ1) is 33.3. The third kappa shape index (κ3) is 4.20. The summed E-state index contributed by atoms with van der Waals surface area (Å²) in [5.74, 6) is 0. The van der Waals surface area contributed by atoms with E-state index in [4.69, 9.17) is 4.42 Å². The molecule has 8 aromatic carbocycles. The molecule has 60 heavy (non-hydrogen) atoms. The third-order valence-corrected chi connectivity index (χ3v) is 15.7. The summed E-state index contributed by atoms with van der Waals surface area (Å²) in [5.41, 5.74) is 16.9. The van der Waals surface area contributed by atoms with Crippen molar-refractivity contribution in [1.82, 2.24) is 4.48 Å². The molecule has 0 fully saturated rings. The second-order valence-electron chi connectivity index (χ2n) is 17.6. The van der Waals surface area contributed by atoms with Crippen molar-refractivity contribution in [3.63, 3.8) is 0 Å². The van der Waals surface area contributed by atoms with E-state index >= 15 is 0 Å². The van der Waals surface area contributed by atoms with Gasteiger partial charge in [0.05, 0.1) is 15.9 Å². The Morgan fingerprint density at radius 2 is 1.23 bits per heavy atom. The molecular formula is C54H35BN2OS2. The van der Waals surface area contributed by atoms with Gasteiger partial charge in [0.15, 0.2) is 0 Å². The zero-order valence-corrected chi connectivity index (χ0v) is 34.8. The fourth-order valence-electron chi connectivity index (χ4n) is 10.7. The van der Waals surface area contributed by atoms with Crippen LogP contribution in [0.5, 0.6) is 0 Å². The van der Waals surface area contributed by atoms with Gasteiger partial charge in [-0.2, -0.15) is 0 Å². The van der Waals surface area contributed by atoms with E-state index in [9.17, 15) is 0 Å². The Labute approximate surface area is 354 Å². The van der Waals surface area contributed by atoms with Crippen LogP contribution >= 0.6 is 22.7 Å². The molecule has 2 aliphatic rings. The molecule has 2 aliphatic heterocycles. The number of furan rings is 1. The predicted octanol–water partition coefficient (Wildman–Crippen LogP) is 14.7. The summed E-state index contributed by atoms with van der Waals surface area (Å²) in [6, 6.07) is 59.0. The highest BCUT2D eigenvalue weighted by Gasteiger charge is 2.46. The van der Waals surface area contributed by atoms with E-state index in [1.54, 1.807) is 0 Å². The van der Waals surface area contributed by atoms with Crippen molar-refractivity contribution in [1.29, 1.82) is 0 Å². The maximum Gasteiger partial charge on any atom is 0.333 e. The lowest BCUT2D eigenvalue weighted by atomic mass is 9.44. The number of hydrogen-bond acceptors (Lipinski definition) is 4. The molecule has 0 unspecified atom stereocenters. The first-order valence-electron chi connectivity index (χ1n) is 20.8. The summed E-state index contributed by atoms with van der Waals surface area (Å²) in [4.78, 5) is 2.62. The smallest absolute Gasteiger partial charge is 0.333 e. The Bertz CT molecular complexity index is 3840. The quantitative estimate of drug-likeness (QED) is 0.162. The first-order valence-corrected chi connectivity index (χ1v) is 22.4. The van der Waals surface area contributed by atoms with Crippen molar-refractivity contribution in [3.05, 3.63) is 163 Å². The van der Waals surface area contributed by atoms with Gasteiger partial charge in [-0.25, -0.2) is 0 Å². The summed E-state index contributed by atoms with van der Waals surface area (Å²) in [5, 5.41) is 7.55. The molecule has 0 saturated heterocycles. The maximum atomic E-state index is 7.09. The van der Waals surface area contributed by atoms with Gasteiger partial charge in [-0.1, -0.05) is 130 Å². The molecule has 0 bridgehead atoms. The normalized spacial score (nSPS) is 13.5. The Kier molecular flexibility index (Phi) is 6.41. The highest BCUT2D eigenvalue weighted by atomic mass is 32.1. The van der Waals surface area contributed by atoms with E-state index in [0.717, 1.165) is 21.9 Å². The zero-order chi connectivity index (χ0) is 39.6. The second-order valence-corrected chi connectivity index (χ2v) is 19.7. The largest absolute Gasteiger partial charge is 0.455 e. The molecule has 282 valence electrons. The van der Waals surface area contributed by atoms with Gasteiger partial charge in [0.1, 0.15) is 11.2 Å². The van der Waals surface area contributed by atoms with Gasteiger partial charge in [0, 0.05) is 69.2 Å². The molecule has 0 aliphatic carbocycles. The van der Waals surface area contributed by atoms with Gasteiger partial charge in [0.2, 0.25) is 0 Å². The highest BCUT2D eigenvalue weighted by Crippen LogP contribution is 2.53. The van der Waals surface area contributed by atoms with Gasteiger partial charge in [-0.05, 0) is 86.8 Å². The lowest BCUT2D eigenvalue weighted by Crippen LogP contribution is -2.57. The average molecular weight is 803 g/mol. The standard InChI is InChI=1S/C54H35BN2OS2/c1-54(2,3)31-24-25-39(37(28-31)30-14-5-4-6-15-30)56-40-26-27-45-46(33-17-8-11-22-43(33)59-45)48(40)55-49-41(56)29-38-32-16-7-10-21-42(32)58-52(38)47(49)35-19-13-20-36-50(35)57(55)51-34-18-9-12-23-44(34)60-53(36)51/h4-29H,1-3H3. The molecule has 4 aromatic heterocycles. The highest BCUT2D eigenvalue weighted by molar-refractivity contribution is 7.27. The number of anilines is 3. The number of hydrogen-bond donors (Lipinski definition) is 0.